The SMILES string of the molecule is CCCC(CO)Cc1ccc(OC(F)(F)F)cc1. The molecule has 0 aliphatic rings. The summed E-state index contributed by atoms with van der Waals surface area (Å²) in [6, 6.07) is 5.78. The van der Waals surface area contributed by atoms with Crippen molar-refractivity contribution in [2.75, 3.05) is 6.61 Å². The molecule has 1 rings (SSSR count). The number of rotatable bonds is 6. The van der Waals surface area contributed by atoms with Gasteiger partial charge in [-0.2, -0.15) is 0 Å². The maximum absolute atomic E-state index is 12.0. The van der Waals surface area contributed by atoms with E-state index in [0.717, 1.165) is 18.4 Å². The van der Waals surface area contributed by atoms with E-state index < -0.39 is 6.36 Å². The third-order valence-electron chi connectivity index (χ3n) is 2.64. The molecule has 1 N–H and O–H groups in total. The molecule has 0 aliphatic heterocycles. The molecule has 1 aromatic carbocycles. The number of alkyl halides is 3. The van der Waals surface area contributed by atoms with Gasteiger partial charge in [0, 0.05) is 6.61 Å². The molecule has 0 saturated carbocycles. The third kappa shape index (κ3) is 5.40. The van der Waals surface area contributed by atoms with E-state index in [4.69, 9.17) is 5.11 Å². The van der Waals surface area contributed by atoms with Crippen molar-refractivity contribution in [1.82, 2.24) is 0 Å². The number of ether oxygens (including phenoxy) is 1. The first-order valence-corrected chi connectivity index (χ1v) is 5.90. The number of hydrogen-bond donors (Lipinski definition) is 1. The Labute approximate surface area is 104 Å². The minimum absolute atomic E-state index is 0.0919. The highest BCUT2D eigenvalue weighted by Gasteiger charge is 2.30. The Bertz CT molecular complexity index is 346. The van der Waals surface area contributed by atoms with E-state index in [1.807, 2.05) is 6.92 Å². The Morgan fingerprint density at radius 1 is 1.22 bits per heavy atom. The highest BCUT2D eigenvalue weighted by molar-refractivity contribution is 5.27. The Morgan fingerprint density at radius 2 is 1.83 bits per heavy atom. The summed E-state index contributed by atoms with van der Waals surface area (Å²) in [7, 11) is 0. The van der Waals surface area contributed by atoms with Crippen LogP contribution >= 0.6 is 0 Å². The highest BCUT2D eigenvalue weighted by atomic mass is 19.4. The minimum Gasteiger partial charge on any atom is -0.406 e. The molecule has 0 heterocycles. The standard InChI is InChI=1S/C13H17F3O2/c1-2-3-11(9-17)8-10-4-6-12(7-5-10)18-13(14,15)16/h4-7,11,17H,2-3,8-9H2,1H3. The van der Waals surface area contributed by atoms with Crippen molar-refractivity contribution in [1.29, 1.82) is 0 Å². The zero-order chi connectivity index (χ0) is 13.6. The molecule has 2 nitrogen and oxygen atoms in total. The Hall–Kier alpha value is -1.23. The van der Waals surface area contributed by atoms with E-state index in [1.54, 1.807) is 12.1 Å². The summed E-state index contributed by atoms with van der Waals surface area (Å²) in [6.45, 7) is 2.12. The van der Waals surface area contributed by atoms with Crippen LogP contribution in [0.25, 0.3) is 0 Å². The molecule has 0 bridgehead atoms. The molecule has 102 valence electrons. The molecule has 0 radical (unpaired) electrons. The molecule has 0 saturated heterocycles. The van der Waals surface area contributed by atoms with Crippen molar-refractivity contribution >= 4 is 0 Å². The van der Waals surface area contributed by atoms with Gasteiger partial charge in [0.2, 0.25) is 0 Å². The third-order valence-corrected chi connectivity index (χ3v) is 2.64. The molecular formula is C13H17F3O2. The summed E-state index contributed by atoms with van der Waals surface area (Å²) < 4.78 is 39.6. The summed E-state index contributed by atoms with van der Waals surface area (Å²) in [5.74, 6) is -0.0633. The Morgan fingerprint density at radius 3 is 2.28 bits per heavy atom. The van der Waals surface area contributed by atoms with Crippen LogP contribution in [0.1, 0.15) is 25.3 Å². The molecule has 0 fully saturated rings. The lowest BCUT2D eigenvalue weighted by molar-refractivity contribution is -0.274. The van der Waals surface area contributed by atoms with Crippen LogP contribution in [0.3, 0.4) is 0 Å². The largest absolute Gasteiger partial charge is 0.573 e. The first kappa shape index (κ1) is 14.8. The summed E-state index contributed by atoms with van der Waals surface area (Å²) in [6.07, 6.45) is -2.12. The van der Waals surface area contributed by atoms with Crippen LogP contribution in [-0.4, -0.2) is 18.1 Å². The van der Waals surface area contributed by atoms with Crippen LogP contribution in [0.2, 0.25) is 0 Å². The second kappa shape index (κ2) is 6.64. The van der Waals surface area contributed by atoms with Gasteiger partial charge in [-0.25, -0.2) is 0 Å². The quantitative estimate of drug-likeness (QED) is 0.849. The Kier molecular flexibility index (Phi) is 5.47. The van der Waals surface area contributed by atoms with Crippen molar-refractivity contribution < 1.29 is 23.0 Å². The van der Waals surface area contributed by atoms with E-state index in [2.05, 4.69) is 4.74 Å². The van der Waals surface area contributed by atoms with Gasteiger partial charge in [-0.15, -0.1) is 13.2 Å². The maximum atomic E-state index is 12.0. The van der Waals surface area contributed by atoms with E-state index in [9.17, 15) is 13.2 Å². The molecular weight excluding hydrogens is 245 g/mol. The predicted octanol–water partition coefficient (Wildman–Crippen LogP) is 3.54. The molecule has 18 heavy (non-hydrogen) atoms. The molecule has 1 unspecified atom stereocenters. The second-order valence-corrected chi connectivity index (χ2v) is 4.23. The predicted molar refractivity (Wildman–Crippen MR) is 62.3 cm³/mol. The fourth-order valence-corrected chi connectivity index (χ4v) is 1.83. The van der Waals surface area contributed by atoms with Crippen LogP contribution < -0.4 is 4.74 Å². The van der Waals surface area contributed by atoms with Gasteiger partial charge in [-0.3, -0.25) is 0 Å². The molecule has 1 aromatic rings. The van der Waals surface area contributed by atoms with Gasteiger partial charge in [0.05, 0.1) is 0 Å². The minimum atomic E-state index is -4.66. The van der Waals surface area contributed by atoms with Crippen molar-refractivity contribution in [2.45, 2.75) is 32.5 Å². The summed E-state index contributed by atoms with van der Waals surface area (Å²) in [5.41, 5.74) is 0.900. The first-order chi connectivity index (χ1) is 8.44. The second-order valence-electron chi connectivity index (χ2n) is 4.23. The lowest BCUT2D eigenvalue weighted by atomic mass is 9.96. The first-order valence-electron chi connectivity index (χ1n) is 5.90. The molecule has 5 heteroatoms. The van der Waals surface area contributed by atoms with Crippen LogP contribution in [0, 0.1) is 5.92 Å². The molecule has 1 atom stereocenters. The number of hydrogen-bond acceptors (Lipinski definition) is 2. The zero-order valence-electron chi connectivity index (χ0n) is 10.2. The maximum Gasteiger partial charge on any atom is 0.573 e. The lowest BCUT2D eigenvalue weighted by Gasteiger charge is -2.13. The summed E-state index contributed by atoms with van der Waals surface area (Å²) >= 11 is 0. The average molecular weight is 262 g/mol. The molecule has 0 aromatic heterocycles. The zero-order valence-corrected chi connectivity index (χ0v) is 10.2. The van der Waals surface area contributed by atoms with E-state index in [-0.39, 0.29) is 18.3 Å². The number of halogens is 3. The van der Waals surface area contributed by atoms with Gasteiger partial charge in [-0.1, -0.05) is 25.5 Å². The van der Waals surface area contributed by atoms with Crippen LogP contribution in [0.15, 0.2) is 24.3 Å². The van der Waals surface area contributed by atoms with E-state index in [1.165, 1.54) is 12.1 Å². The number of benzene rings is 1. The fraction of sp³-hybridized carbons (Fsp3) is 0.538. The van der Waals surface area contributed by atoms with Gasteiger partial charge >= 0.3 is 6.36 Å². The van der Waals surface area contributed by atoms with Gasteiger partial charge in [0.25, 0.3) is 0 Å². The van der Waals surface area contributed by atoms with Crippen LogP contribution in [0.5, 0.6) is 5.75 Å². The van der Waals surface area contributed by atoms with Gasteiger partial charge in [0.15, 0.2) is 0 Å². The van der Waals surface area contributed by atoms with Crippen molar-refractivity contribution in [3.8, 4) is 5.75 Å². The average Bonchev–Trinajstić information content (AvgIpc) is 2.29. The smallest absolute Gasteiger partial charge is 0.406 e. The highest BCUT2D eigenvalue weighted by Crippen LogP contribution is 2.23. The van der Waals surface area contributed by atoms with Crippen LogP contribution in [0.4, 0.5) is 13.2 Å². The molecule has 0 aliphatic carbocycles. The van der Waals surface area contributed by atoms with E-state index in [0.29, 0.717) is 6.42 Å². The normalized spacial score (nSPS) is 13.4. The monoisotopic (exact) mass is 262 g/mol. The van der Waals surface area contributed by atoms with Gasteiger partial charge < -0.3 is 9.84 Å². The van der Waals surface area contributed by atoms with Gasteiger partial charge in [0.1, 0.15) is 5.75 Å². The van der Waals surface area contributed by atoms with Crippen LogP contribution in [-0.2, 0) is 6.42 Å². The topological polar surface area (TPSA) is 29.5 Å². The van der Waals surface area contributed by atoms with E-state index >= 15 is 0 Å². The fourth-order valence-electron chi connectivity index (χ4n) is 1.83. The molecule has 0 spiro atoms. The van der Waals surface area contributed by atoms with Crippen molar-refractivity contribution in [2.24, 2.45) is 5.92 Å². The number of aliphatic hydroxyl groups is 1. The lowest BCUT2D eigenvalue weighted by Crippen LogP contribution is -2.17. The summed E-state index contributed by atoms with van der Waals surface area (Å²) in [5, 5.41) is 9.15. The number of aliphatic hydroxyl groups excluding tert-OH is 1. The van der Waals surface area contributed by atoms with Crippen molar-refractivity contribution in [3.05, 3.63) is 29.8 Å². The Balaban J connectivity index is 2.59. The van der Waals surface area contributed by atoms with Crippen molar-refractivity contribution in [3.63, 3.8) is 0 Å². The van der Waals surface area contributed by atoms with Gasteiger partial charge in [-0.05, 0) is 36.5 Å². The molecule has 0 amide bonds. The summed E-state index contributed by atoms with van der Waals surface area (Å²) in [4.78, 5) is 0.